The van der Waals surface area contributed by atoms with Crippen molar-refractivity contribution in [3.05, 3.63) is 65.2 Å². The zero-order valence-corrected chi connectivity index (χ0v) is 12.7. The summed E-state index contributed by atoms with van der Waals surface area (Å²) in [6, 6.07) is 11.4. The number of aromatic nitrogens is 1. The molecule has 1 aliphatic heterocycles. The van der Waals surface area contributed by atoms with Crippen LogP contribution in [0, 0.1) is 23.1 Å². The molecule has 1 aromatic heterocycles. The number of hydrogen-bond acceptors (Lipinski definition) is 3. The molecule has 1 aliphatic rings. The average molecular weight is 309 g/mol. The Morgan fingerprint density at radius 3 is 2.87 bits per heavy atom. The first-order valence-corrected chi connectivity index (χ1v) is 7.52. The van der Waals surface area contributed by atoms with Crippen LogP contribution < -0.4 is 0 Å². The number of nitriles is 1. The zero-order chi connectivity index (χ0) is 16.4. The summed E-state index contributed by atoms with van der Waals surface area (Å²) in [6.45, 7) is 2.68. The summed E-state index contributed by atoms with van der Waals surface area (Å²) >= 11 is 0. The van der Waals surface area contributed by atoms with Gasteiger partial charge < -0.3 is 4.90 Å². The number of nitrogens with zero attached hydrogens (tertiary/aromatic N) is 3. The number of carbonyl (C=O) groups is 1. The van der Waals surface area contributed by atoms with Crippen molar-refractivity contribution in [2.75, 3.05) is 6.54 Å². The third-order valence-electron chi connectivity index (χ3n) is 4.26. The topological polar surface area (TPSA) is 57.0 Å². The molecule has 0 aliphatic carbocycles. The molecule has 23 heavy (non-hydrogen) atoms. The summed E-state index contributed by atoms with van der Waals surface area (Å²) in [5, 5.41) is 8.81. The number of pyridine rings is 1. The maximum Gasteiger partial charge on any atom is 0.272 e. The van der Waals surface area contributed by atoms with Gasteiger partial charge in [0.25, 0.3) is 5.91 Å². The highest BCUT2D eigenvalue weighted by molar-refractivity contribution is 5.92. The monoisotopic (exact) mass is 309 g/mol. The van der Waals surface area contributed by atoms with Gasteiger partial charge in [0.1, 0.15) is 17.6 Å². The van der Waals surface area contributed by atoms with Crippen LogP contribution in [0.2, 0.25) is 0 Å². The summed E-state index contributed by atoms with van der Waals surface area (Å²) in [6.07, 6.45) is 2.26. The van der Waals surface area contributed by atoms with E-state index in [9.17, 15) is 9.18 Å². The van der Waals surface area contributed by atoms with Crippen LogP contribution in [0.5, 0.6) is 0 Å². The number of halogens is 1. The van der Waals surface area contributed by atoms with Crippen LogP contribution in [-0.4, -0.2) is 22.3 Å². The molecule has 0 radical (unpaired) electrons. The van der Waals surface area contributed by atoms with Crippen molar-refractivity contribution in [1.82, 2.24) is 9.88 Å². The summed E-state index contributed by atoms with van der Waals surface area (Å²) in [5.74, 6) is -0.238. The van der Waals surface area contributed by atoms with Gasteiger partial charge in [0.05, 0.1) is 11.6 Å². The van der Waals surface area contributed by atoms with Crippen LogP contribution in [0.1, 0.15) is 41.0 Å². The van der Waals surface area contributed by atoms with Crippen LogP contribution in [0.3, 0.4) is 0 Å². The smallest absolute Gasteiger partial charge is 0.272 e. The molecule has 0 saturated carbocycles. The quantitative estimate of drug-likeness (QED) is 0.855. The fourth-order valence-corrected chi connectivity index (χ4v) is 3.11. The molecule has 2 heterocycles. The molecule has 4 nitrogen and oxygen atoms in total. The predicted molar refractivity (Wildman–Crippen MR) is 82.9 cm³/mol. The molecule has 1 aromatic carbocycles. The van der Waals surface area contributed by atoms with E-state index in [-0.39, 0.29) is 23.7 Å². The normalized spacial score (nSPS) is 20.3. The Hall–Kier alpha value is -2.74. The van der Waals surface area contributed by atoms with Crippen molar-refractivity contribution < 1.29 is 9.18 Å². The SMILES string of the molecule is CC1CCN(C(=O)c2ccc(C#N)cn2)C1c1cccc(F)c1. The molecule has 116 valence electrons. The maximum atomic E-state index is 13.5. The molecular weight excluding hydrogens is 293 g/mol. The minimum absolute atomic E-state index is 0.157. The fraction of sp³-hybridized carbons (Fsp3) is 0.278. The van der Waals surface area contributed by atoms with Gasteiger partial charge in [0.15, 0.2) is 0 Å². The Balaban J connectivity index is 1.90. The highest BCUT2D eigenvalue weighted by Gasteiger charge is 2.36. The lowest BCUT2D eigenvalue weighted by atomic mass is 9.95. The summed E-state index contributed by atoms with van der Waals surface area (Å²) < 4.78 is 13.5. The average Bonchev–Trinajstić information content (AvgIpc) is 2.96. The van der Waals surface area contributed by atoms with Crippen LogP contribution in [0.15, 0.2) is 42.6 Å². The predicted octanol–water partition coefficient (Wildman–Crippen LogP) is 3.32. The fourth-order valence-electron chi connectivity index (χ4n) is 3.11. The molecule has 3 rings (SSSR count). The van der Waals surface area contributed by atoms with Crippen molar-refractivity contribution in [2.24, 2.45) is 5.92 Å². The molecule has 1 saturated heterocycles. The Morgan fingerprint density at radius 1 is 1.39 bits per heavy atom. The minimum Gasteiger partial charge on any atom is -0.330 e. The van der Waals surface area contributed by atoms with Crippen LogP contribution in [0.4, 0.5) is 4.39 Å². The highest BCUT2D eigenvalue weighted by Crippen LogP contribution is 2.37. The first-order chi connectivity index (χ1) is 11.1. The molecule has 2 atom stereocenters. The minimum atomic E-state index is -0.300. The van der Waals surface area contributed by atoms with Gasteiger partial charge in [-0.15, -0.1) is 0 Å². The number of likely N-dealkylation sites (tertiary alicyclic amines) is 1. The van der Waals surface area contributed by atoms with E-state index >= 15 is 0 Å². The van der Waals surface area contributed by atoms with E-state index in [4.69, 9.17) is 5.26 Å². The lowest BCUT2D eigenvalue weighted by Crippen LogP contribution is -2.32. The number of hydrogen-bond donors (Lipinski definition) is 0. The summed E-state index contributed by atoms with van der Waals surface area (Å²) in [7, 11) is 0. The van der Waals surface area contributed by atoms with Gasteiger partial charge in [-0.3, -0.25) is 4.79 Å². The van der Waals surface area contributed by atoms with E-state index < -0.39 is 0 Å². The molecule has 0 spiro atoms. The molecule has 0 N–H and O–H groups in total. The molecular formula is C18H16FN3O. The second kappa shape index (κ2) is 6.17. The third-order valence-corrected chi connectivity index (χ3v) is 4.26. The van der Waals surface area contributed by atoms with Gasteiger partial charge >= 0.3 is 0 Å². The summed E-state index contributed by atoms with van der Waals surface area (Å²) in [4.78, 5) is 18.6. The Kier molecular flexibility index (Phi) is 4.07. The Bertz CT molecular complexity index is 767. The molecule has 2 aromatic rings. The second-order valence-corrected chi connectivity index (χ2v) is 5.81. The number of carbonyl (C=O) groups excluding carboxylic acids is 1. The lowest BCUT2D eigenvalue weighted by molar-refractivity contribution is 0.0714. The zero-order valence-electron chi connectivity index (χ0n) is 12.7. The second-order valence-electron chi connectivity index (χ2n) is 5.81. The van der Waals surface area contributed by atoms with Crippen molar-refractivity contribution in [3.8, 4) is 6.07 Å². The van der Waals surface area contributed by atoms with Gasteiger partial charge in [-0.25, -0.2) is 9.37 Å². The maximum absolute atomic E-state index is 13.5. The Morgan fingerprint density at radius 2 is 2.22 bits per heavy atom. The molecule has 0 bridgehead atoms. The Labute approximate surface area is 134 Å². The highest BCUT2D eigenvalue weighted by atomic mass is 19.1. The number of amides is 1. The van der Waals surface area contributed by atoms with Crippen molar-refractivity contribution in [2.45, 2.75) is 19.4 Å². The number of rotatable bonds is 2. The van der Waals surface area contributed by atoms with E-state index in [0.29, 0.717) is 17.8 Å². The third kappa shape index (κ3) is 2.93. The lowest BCUT2D eigenvalue weighted by Gasteiger charge is -2.27. The van der Waals surface area contributed by atoms with E-state index in [1.807, 2.05) is 12.1 Å². The van der Waals surface area contributed by atoms with Crippen LogP contribution in [0.25, 0.3) is 0 Å². The van der Waals surface area contributed by atoms with E-state index in [1.54, 1.807) is 23.1 Å². The van der Waals surface area contributed by atoms with Gasteiger partial charge in [0, 0.05) is 12.7 Å². The van der Waals surface area contributed by atoms with Gasteiger partial charge in [-0.1, -0.05) is 19.1 Å². The summed E-state index contributed by atoms with van der Waals surface area (Å²) in [5.41, 5.74) is 1.52. The standard InChI is InChI=1S/C18H16FN3O/c1-12-7-8-22(17(12)14-3-2-4-15(19)9-14)18(23)16-6-5-13(10-20)11-21-16/h2-6,9,11-12,17H,7-8H2,1H3. The molecule has 1 fully saturated rings. The van der Waals surface area contributed by atoms with Gasteiger partial charge in [-0.05, 0) is 42.2 Å². The van der Waals surface area contributed by atoms with E-state index in [2.05, 4.69) is 11.9 Å². The molecule has 1 amide bonds. The molecule has 5 heteroatoms. The van der Waals surface area contributed by atoms with Crippen molar-refractivity contribution in [1.29, 1.82) is 5.26 Å². The van der Waals surface area contributed by atoms with Crippen molar-refractivity contribution >= 4 is 5.91 Å². The largest absolute Gasteiger partial charge is 0.330 e. The van der Waals surface area contributed by atoms with E-state index in [0.717, 1.165) is 12.0 Å². The number of benzene rings is 1. The van der Waals surface area contributed by atoms with E-state index in [1.165, 1.54) is 18.3 Å². The first kappa shape index (κ1) is 15.2. The van der Waals surface area contributed by atoms with Gasteiger partial charge in [-0.2, -0.15) is 5.26 Å². The van der Waals surface area contributed by atoms with Crippen molar-refractivity contribution in [3.63, 3.8) is 0 Å². The molecule has 2 unspecified atom stereocenters. The van der Waals surface area contributed by atoms with Crippen LogP contribution >= 0.6 is 0 Å². The van der Waals surface area contributed by atoms with Gasteiger partial charge in [0.2, 0.25) is 0 Å². The van der Waals surface area contributed by atoms with Crippen LogP contribution in [-0.2, 0) is 0 Å². The first-order valence-electron chi connectivity index (χ1n) is 7.52.